The van der Waals surface area contributed by atoms with Crippen LogP contribution in [0.25, 0.3) is 11.1 Å². The van der Waals surface area contributed by atoms with Crippen LogP contribution in [0, 0.1) is 5.92 Å². The predicted molar refractivity (Wildman–Crippen MR) is 114 cm³/mol. The number of oxazole rings is 1. The average molecular weight is 418 g/mol. The molecule has 0 atom stereocenters. The Morgan fingerprint density at radius 1 is 1.00 bits per heavy atom. The van der Waals surface area contributed by atoms with Gasteiger partial charge in [-0.1, -0.05) is 24.3 Å². The zero-order valence-electron chi connectivity index (χ0n) is 16.9. The minimum atomic E-state index is -0.414. The van der Waals surface area contributed by atoms with E-state index in [4.69, 9.17) is 4.42 Å². The van der Waals surface area contributed by atoms with Crippen LogP contribution in [0.15, 0.2) is 52.9 Å². The Bertz CT molecular complexity index is 1100. The molecule has 0 spiro atoms. The van der Waals surface area contributed by atoms with E-state index in [-0.39, 0.29) is 12.5 Å². The van der Waals surface area contributed by atoms with E-state index in [1.54, 1.807) is 24.3 Å². The number of para-hydroxylation sites is 2. The Morgan fingerprint density at radius 2 is 1.65 bits per heavy atom. The van der Waals surface area contributed by atoms with Gasteiger partial charge >= 0.3 is 0 Å². The molecule has 0 aliphatic carbocycles. The fraction of sp³-hybridized carbons (Fsp3) is 0.304. The summed E-state index contributed by atoms with van der Waals surface area (Å²) >= 11 is 0. The lowest BCUT2D eigenvalue weighted by molar-refractivity contribution is -0.121. The van der Waals surface area contributed by atoms with Crippen LogP contribution >= 0.6 is 0 Å². The van der Waals surface area contributed by atoms with Crippen molar-refractivity contribution in [1.82, 2.24) is 15.2 Å². The van der Waals surface area contributed by atoms with E-state index in [2.05, 4.69) is 15.2 Å². The summed E-state index contributed by atoms with van der Waals surface area (Å²) in [7, 11) is 0. The highest BCUT2D eigenvalue weighted by Gasteiger charge is 2.36. The zero-order valence-corrected chi connectivity index (χ0v) is 16.9. The monoisotopic (exact) mass is 418 g/mol. The van der Waals surface area contributed by atoms with E-state index < -0.39 is 11.8 Å². The summed E-state index contributed by atoms with van der Waals surface area (Å²) in [5.74, 6) is -0.826. The summed E-state index contributed by atoms with van der Waals surface area (Å²) in [5.41, 5.74) is 2.33. The molecule has 8 nitrogen and oxygen atoms in total. The van der Waals surface area contributed by atoms with Crippen molar-refractivity contribution in [3.8, 4) is 0 Å². The van der Waals surface area contributed by atoms with Crippen LogP contribution in [0.4, 0.5) is 6.01 Å². The molecular weight excluding hydrogens is 396 g/mol. The van der Waals surface area contributed by atoms with Crippen molar-refractivity contribution < 1.29 is 18.8 Å². The van der Waals surface area contributed by atoms with Crippen molar-refractivity contribution >= 4 is 34.8 Å². The molecule has 0 bridgehead atoms. The maximum absolute atomic E-state index is 12.4. The van der Waals surface area contributed by atoms with Crippen LogP contribution in [-0.2, 0) is 4.79 Å². The Labute approximate surface area is 178 Å². The van der Waals surface area contributed by atoms with Crippen molar-refractivity contribution in [3.63, 3.8) is 0 Å². The van der Waals surface area contributed by atoms with Gasteiger partial charge in [0.2, 0.25) is 5.91 Å². The van der Waals surface area contributed by atoms with Crippen LogP contribution in [0.2, 0.25) is 0 Å². The summed E-state index contributed by atoms with van der Waals surface area (Å²) in [6, 6.07) is 15.0. The number of rotatable bonds is 5. The fourth-order valence-corrected chi connectivity index (χ4v) is 4.16. The molecule has 0 saturated carbocycles. The van der Waals surface area contributed by atoms with E-state index in [9.17, 15) is 14.4 Å². The lowest BCUT2D eigenvalue weighted by Crippen LogP contribution is -2.43. The predicted octanol–water partition coefficient (Wildman–Crippen LogP) is 2.46. The smallest absolute Gasteiger partial charge is 0.298 e. The first-order valence-electron chi connectivity index (χ1n) is 10.4. The Balaban J connectivity index is 1.11. The lowest BCUT2D eigenvalue weighted by Gasteiger charge is -2.31. The largest absolute Gasteiger partial charge is 0.423 e. The molecule has 5 rings (SSSR count). The third kappa shape index (κ3) is 3.65. The first-order chi connectivity index (χ1) is 15.1. The normalized spacial score (nSPS) is 16.8. The lowest BCUT2D eigenvalue weighted by atomic mass is 9.97. The number of nitrogens with zero attached hydrogens (tertiary/aromatic N) is 3. The molecule has 2 aliphatic rings. The van der Waals surface area contributed by atoms with Gasteiger partial charge in [-0.25, -0.2) is 0 Å². The van der Waals surface area contributed by atoms with E-state index >= 15 is 0 Å². The van der Waals surface area contributed by atoms with Gasteiger partial charge in [0.1, 0.15) is 12.1 Å². The molecule has 3 aromatic rings. The quantitative estimate of drug-likeness (QED) is 0.640. The summed E-state index contributed by atoms with van der Waals surface area (Å²) in [6.07, 6.45) is 1.79. The molecule has 3 heterocycles. The zero-order chi connectivity index (χ0) is 21.4. The Kier molecular flexibility index (Phi) is 4.89. The van der Waals surface area contributed by atoms with Gasteiger partial charge in [0.05, 0.1) is 11.1 Å². The Morgan fingerprint density at radius 3 is 2.32 bits per heavy atom. The number of hydrogen-bond acceptors (Lipinski definition) is 6. The van der Waals surface area contributed by atoms with Gasteiger partial charge in [-0.15, -0.1) is 0 Å². The van der Waals surface area contributed by atoms with Gasteiger partial charge in [0.15, 0.2) is 5.58 Å². The average Bonchev–Trinajstić information content (AvgIpc) is 3.34. The van der Waals surface area contributed by atoms with Gasteiger partial charge in [-0.05, 0) is 43.0 Å². The van der Waals surface area contributed by atoms with Gasteiger partial charge < -0.3 is 14.6 Å². The molecule has 1 aromatic heterocycles. The molecule has 158 valence electrons. The van der Waals surface area contributed by atoms with E-state index in [0.717, 1.165) is 41.9 Å². The molecule has 31 heavy (non-hydrogen) atoms. The van der Waals surface area contributed by atoms with Crippen molar-refractivity contribution in [2.24, 2.45) is 5.92 Å². The van der Waals surface area contributed by atoms with Crippen molar-refractivity contribution in [2.45, 2.75) is 12.8 Å². The highest BCUT2D eigenvalue weighted by molar-refractivity contribution is 6.22. The van der Waals surface area contributed by atoms with Crippen LogP contribution < -0.4 is 10.2 Å². The molecule has 2 aromatic carbocycles. The molecule has 2 aliphatic heterocycles. The highest BCUT2D eigenvalue weighted by Crippen LogP contribution is 2.26. The topological polar surface area (TPSA) is 95.8 Å². The Hall–Kier alpha value is -3.68. The summed E-state index contributed by atoms with van der Waals surface area (Å²) < 4.78 is 5.84. The minimum absolute atomic E-state index is 0.256. The molecule has 1 fully saturated rings. The molecule has 8 heteroatoms. The van der Waals surface area contributed by atoms with Gasteiger partial charge in [0.25, 0.3) is 17.8 Å². The van der Waals surface area contributed by atoms with E-state index in [1.165, 1.54) is 0 Å². The van der Waals surface area contributed by atoms with Gasteiger partial charge in [-0.2, -0.15) is 4.98 Å². The van der Waals surface area contributed by atoms with E-state index in [0.29, 0.717) is 29.6 Å². The summed E-state index contributed by atoms with van der Waals surface area (Å²) in [5, 5.41) is 2.88. The van der Waals surface area contributed by atoms with Crippen molar-refractivity contribution in [1.29, 1.82) is 0 Å². The fourth-order valence-electron chi connectivity index (χ4n) is 4.16. The number of hydrogen-bond donors (Lipinski definition) is 1. The number of piperidine rings is 1. The van der Waals surface area contributed by atoms with Gasteiger partial charge in [0, 0.05) is 19.6 Å². The maximum atomic E-state index is 12.4. The molecular formula is C23H22N4O4. The van der Waals surface area contributed by atoms with Crippen molar-refractivity contribution in [2.75, 3.05) is 31.1 Å². The standard InChI is InChI=1S/C23H22N4O4/c28-20(14-27-21(29)16-5-1-2-6-17(16)22(27)30)24-13-15-9-11-26(12-10-15)23-25-18-7-3-4-8-19(18)31-23/h1-8,15H,9-14H2,(H,24,28). The second kappa shape index (κ2) is 7.86. The van der Waals surface area contributed by atoms with Crippen LogP contribution in [0.5, 0.6) is 0 Å². The SMILES string of the molecule is O=C(CN1C(=O)c2ccccc2C1=O)NCC1CCN(c2nc3ccccc3o2)CC1. The van der Waals surface area contributed by atoms with E-state index in [1.807, 2.05) is 24.3 Å². The molecule has 0 unspecified atom stereocenters. The number of imide groups is 1. The molecule has 0 radical (unpaired) electrons. The number of amides is 3. The number of anilines is 1. The maximum Gasteiger partial charge on any atom is 0.298 e. The first kappa shape index (κ1) is 19.3. The number of nitrogens with one attached hydrogen (secondary N) is 1. The van der Waals surface area contributed by atoms with Crippen molar-refractivity contribution in [3.05, 3.63) is 59.7 Å². The number of carbonyl (C=O) groups is 3. The van der Waals surface area contributed by atoms with Crippen LogP contribution in [0.1, 0.15) is 33.6 Å². The second-order valence-electron chi connectivity index (χ2n) is 7.94. The number of aromatic nitrogens is 1. The third-order valence-corrected chi connectivity index (χ3v) is 5.94. The third-order valence-electron chi connectivity index (χ3n) is 5.94. The first-order valence-corrected chi connectivity index (χ1v) is 10.4. The number of carbonyl (C=O) groups excluding carboxylic acids is 3. The number of fused-ring (bicyclic) bond motifs is 2. The van der Waals surface area contributed by atoms with Gasteiger partial charge in [-0.3, -0.25) is 19.3 Å². The molecule has 1 saturated heterocycles. The molecule has 1 N–H and O–H groups in total. The summed E-state index contributed by atoms with van der Waals surface area (Å²) in [4.78, 5) is 44.8. The van der Waals surface area contributed by atoms with Crippen LogP contribution in [0.3, 0.4) is 0 Å². The molecule has 3 amide bonds. The van der Waals surface area contributed by atoms with Crippen LogP contribution in [-0.4, -0.2) is 53.8 Å². The number of benzene rings is 2. The second-order valence-corrected chi connectivity index (χ2v) is 7.94. The summed E-state index contributed by atoms with van der Waals surface area (Å²) in [6.45, 7) is 1.86. The highest BCUT2D eigenvalue weighted by atomic mass is 16.4. The minimum Gasteiger partial charge on any atom is -0.423 e.